The molecule has 8 nitrogen and oxygen atoms in total. The summed E-state index contributed by atoms with van der Waals surface area (Å²) in [7, 11) is 0. The number of furan rings is 1. The van der Waals surface area contributed by atoms with Crippen LogP contribution in [-0.4, -0.2) is 62.3 Å². The summed E-state index contributed by atoms with van der Waals surface area (Å²) in [5, 5.41) is 2.63. The van der Waals surface area contributed by atoms with Crippen LogP contribution in [0, 0.1) is 5.82 Å². The number of amides is 2. The van der Waals surface area contributed by atoms with Crippen LogP contribution in [0.2, 0.25) is 0 Å². The van der Waals surface area contributed by atoms with Gasteiger partial charge in [0, 0.05) is 33.1 Å². The van der Waals surface area contributed by atoms with Crippen LogP contribution in [0.5, 0.6) is 0 Å². The number of carbonyl (C=O) groups excluding carboxylic acids is 2. The fraction of sp³-hybridized carbons (Fsp3) is 0.429. The van der Waals surface area contributed by atoms with Crippen LogP contribution >= 0.6 is 0 Å². The summed E-state index contributed by atoms with van der Waals surface area (Å²) in [4.78, 5) is 28.9. The van der Waals surface area contributed by atoms with Crippen LogP contribution in [0.25, 0.3) is 0 Å². The van der Waals surface area contributed by atoms with Gasteiger partial charge in [0.2, 0.25) is 5.91 Å². The third kappa shape index (κ3) is 4.56. The Kier molecular flexibility index (Phi) is 5.89. The molecule has 4 rings (SSSR count). The molecule has 1 aromatic carbocycles. The highest BCUT2D eigenvalue weighted by Gasteiger charge is 2.33. The highest BCUT2D eigenvalue weighted by molar-refractivity contribution is 5.90. The SMILES string of the molecule is CC(=O)NC[C@H]1CN(c2ccc(N3CCN(Cc4ccco4)CC3)c(F)c2)C(=O)O1. The molecule has 1 atom stereocenters. The molecule has 2 aliphatic rings. The van der Waals surface area contributed by atoms with Gasteiger partial charge in [0.1, 0.15) is 17.7 Å². The van der Waals surface area contributed by atoms with Crippen molar-refractivity contribution in [2.45, 2.75) is 19.6 Å². The number of piperazine rings is 1. The van der Waals surface area contributed by atoms with Gasteiger partial charge in [-0.05, 0) is 30.3 Å². The minimum absolute atomic E-state index is 0.191. The first-order valence-electron chi connectivity index (χ1n) is 10.0. The summed E-state index contributed by atoms with van der Waals surface area (Å²) < 4.78 is 25.5. The monoisotopic (exact) mass is 416 g/mol. The average molecular weight is 416 g/mol. The number of hydrogen-bond acceptors (Lipinski definition) is 6. The standard InChI is InChI=1S/C21H25FN4O4/c1-15(27)23-12-18-14-26(21(28)30-18)16-4-5-20(19(22)11-16)25-8-6-24(7-9-25)13-17-3-2-10-29-17/h2-5,10-11,18H,6-9,12-14H2,1H3,(H,23,27)/t18-/m0/s1. The van der Waals surface area contributed by atoms with E-state index in [1.165, 1.54) is 17.9 Å². The molecule has 2 saturated heterocycles. The quantitative estimate of drug-likeness (QED) is 0.778. The summed E-state index contributed by atoms with van der Waals surface area (Å²) >= 11 is 0. The number of cyclic esters (lactones) is 1. The van der Waals surface area contributed by atoms with Gasteiger partial charge >= 0.3 is 6.09 Å². The fourth-order valence-corrected chi connectivity index (χ4v) is 3.79. The largest absolute Gasteiger partial charge is 0.468 e. The lowest BCUT2D eigenvalue weighted by Crippen LogP contribution is -2.46. The number of nitrogens with zero attached hydrogens (tertiary/aromatic N) is 3. The van der Waals surface area contributed by atoms with Gasteiger partial charge in [0.25, 0.3) is 0 Å². The van der Waals surface area contributed by atoms with Crippen molar-refractivity contribution >= 4 is 23.4 Å². The number of anilines is 2. The molecule has 0 unspecified atom stereocenters. The Morgan fingerprint density at radius 3 is 2.70 bits per heavy atom. The molecule has 2 fully saturated rings. The number of nitrogens with one attached hydrogen (secondary N) is 1. The zero-order valence-electron chi connectivity index (χ0n) is 16.8. The molecule has 0 radical (unpaired) electrons. The van der Waals surface area contributed by atoms with E-state index in [0.29, 0.717) is 24.5 Å². The predicted molar refractivity (Wildman–Crippen MR) is 109 cm³/mol. The van der Waals surface area contributed by atoms with E-state index in [9.17, 15) is 14.0 Å². The van der Waals surface area contributed by atoms with Crippen LogP contribution < -0.4 is 15.1 Å². The van der Waals surface area contributed by atoms with Gasteiger partial charge in [0.05, 0.1) is 37.3 Å². The first kappa shape index (κ1) is 20.2. The molecule has 3 heterocycles. The number of benzene rings is 1. The Hall–Kier alpha value is -3.07. The Labute approximate surface area is 174 Å². The summed E-state index contributed by atoms with van der Waals surface area (Å²) in [6, 6.07) is 8.64. The van der Waals surface area contributed by atoms with E-state index in [-0.39, 0.29) is 24.8 Å². The summed E-state index contributed by atoms with van der Waals surface area (Å²) in [6.07, 6.45) is 0.677. The lowest BCUT2D eigenvalue weighted by molar-refractivity contribution is -0.119. The zero-order valence-corrected chi connectivity index (χ0v) is 16.8. The van der Waals surface area contributed by atoms with Crippen molar-refractivity contribution in [3.8, 4) is 0 Å². The molecular formula is C21H25FN4O4. The number of hydrogen-bond donors (Lipinski definition) is 1. The van der Waals surface area contributed by atoms with E-state index >= 15 is 0 Å². The van der Waals surface area contributed by atoms with Gasteiger partial charge in [-0.15, -0.1) is 0 Å². The van der Waals surface area contributed by atoms with Crippen LogP contribution in [0.3, 0.4) is 0 Å². The number of ether oxygens (including phenoxy) is 1. The van der Waals surface area contributed by atoms with Gasteiger partial charge in [-0.1, -0.05) is 0 Å². The Bertz CT molecular complexity index is 896. The molecule has 2 amide bonds. The lowest BCUT2D eigenvalue weighted by Gasteiger charge is -2.36. The second kappa shape index (κ2) is 8.74. The highest BCUT2D eigenvalue weighted by Crippen LogP contribution is 2.28. The molecule has 2 aliphatic heterocycles. The first-order valence-corrected chi connectivity index (χ1v) is 10.0. The lowest BCUT2D eigenvalue weighted by atomic mass is 10.2. The van der Waals surface area contributed by atoms with E-state index in [1.807, 2.05) is 17.0 Å². The molecule has 0 bridgehead atoms. The van der Waals surface area contributed by atoms with Crippen molar-refractivity contribution in [2.75, 3.05) is 49.1 Å². The van der Waals surface area contributed by atoms with Crippen molar-refractivity contribution in [3.63, 3.8) is 0 Å². The minimum Gasteiger partial charge on any atom is -0.468 e. The topological polar surface area (TPSA) is 78.3 Å². The maximum atomic E-state index is 14.9. The van der Waals surface area contributed by atoms with Crippen molar-refractivity contribution in [3.05, 3.63) is 48.2 Å². The Morgan fingerprint density at radius 2 is 2.03 bits per heavy atom. The normalized spacial score (nSPS) is 19.8. The van der Waals surface area contributed by atoms with Crippen molar-refractivity contribution in [1.82, 2.24) is 10.2 Å². The summed E-state index contributed by atoms with van der Waals surface area (Å²) in [6.45, 7) is 5.70. The van der Waals surface area contributed by atoms with Gasteiger partial charge in [0.15, 0.2) is 0 Å². The molecule has 1 aromatic heterocycles. The number of carbonyl (C=O) groups is 2. The van der Waals surface area contributed by atoms with Crippen LogP contribution in [0.15, 0.2) is 41.0 Å². The van der Waals surface area contributed by atoms with Crippen molar-refractivity contribution in [1.29, 1.82) is 0 Å². The zero-order chi connectivity index (χ0) is 21.1. The first-order chi connectivity index (χ1) is 14.5. The van der Waals surface area contributed by atoms with Crippen LogP contribution in [-0.2, 0) is 16.1 Å². The molecule has 0 aliphatic carbocycles. The smallest absolute Gasteiger partial charge is 0.414 e. The van der Waals surface area contributed by atoms with Gasteiger partial charge in [-0.3, -0.25) is 14.6 Å². The molecule has 2 aromatic rings. The Balaban J connectivity index is 1.35. The molecule has 0 spiro atoms. The van der Waals surface area contributed by atoms with E-state index in [4.69, 9.17) is 9.15 Å². The van der Waals surface area contributed by atoms with Gasteiger partial charge < -0.3 is 19.4 Å². The third-order valence-electron chi connectivity index (χ3n) is 5.37. The maximum Gasteiger partial charge on any atom is 0.414 e. The van der Waals surface area contributed by atoms with Gasteiger partial charge in [-0.2, -0.15) is 0 Å². The highest BCUT2D eigenvalue weighted by atomic mass is 19.1. The minimum atomic E-state index is -0.538. The van der Waals surface area contributed by atoms with Crippen LogP contribution in [0.4, 0.5) is 20.6 Å². The number of rotatable bonds is 6. The Morgan fingerprint density at radius 1 is 1.23 bits per heavy atom. The molecule has 9 heteroatoms. The second-order valence-corrected chi connectivity index (χ2v) is 7.53. The van der Waals surface area contributed by atoms with Gasteiger partial charge in [-0.25, -0.2) is 9.18 Å². The summed E-state index contributed by atoms with van der Waals surface area (Å²) in [5.74, 6) is 0.363. The van der Waals surface area contributed by atoms with Crippen molar-refractivity contribution in [2.24, 2.45) is 0 Å². The molecule has 30 heavy (non-hydrogen) atoms. The van der Waals surface area contributed by atoms with E-state index in [2.05, 4.69) is 10.2 Å². The van der Waals surface area contributed by atoms with Crippen LogP contribution in [0.1, 0.15) is 12.7 Å². The fourth-order valence-electron chi connectivity index (χ4n) is 3.79. The van der Waals surface area contributed by atoms with Crippen molar-refractivity contribution < 1.29 is 23.1 Å². The van der Waals surface area contributed by atoms with E-state index in [1.54, 1.807) is 18.4 Å². The average Bonchev–Trinajstić information content (AvgIpc) is 3.36. The van der Waals surface area contributed by atoms with E-state index < -0.39 is 12.2 Å². The molecule has 1 N–H and O–H groups in total. The molecule has 0 saturated carbocycles. The van der Waals surface area contributed by atoms with E-state index in [0.717, 1.165) is 25.4 Å². The molecular weight excluding hydrogens is 391 g/mol. The predicted octanol–water partition coefficient (Wildman–Crippen LogP) is 2.20. The summed E-state index contributed by atoms with van der Waals surface area (Å²) in [5.41, 5.74) is 0.974. The third-order valence-corrected chi connectivity index (χ3v) is 5.37. The second-order valence-electron chi connectivity index (χ2n) is 7.53. The number of halogens is 1. The molecule has 160 valence electrons. The maximum absolute atomic E-state index is 14.9.